The maximum Gasteiger partial charge on any atom is 0.262 e. The summed E-state index contributed by atoms with van der Waals surface area (Å²) in [5.41, 5.74) is 0. The zero-order valence-electron chi connectivity index (χ0n) is 11.5. The van der Waals surface area contributed by atoms with E-state index < -0.39 is 16.2 Å². The Hall–Kier alpha value is 0.0969. The van der Waals surface area contributed by atoms with Crippen molar-refractivity contribution in [3.05, 3.63) is 0 Å². The molecule has 4 heteroatoms. The normalized spacial score (nSPS) is 17.8. The molecule has 16 heavy (non-hydrogen) atoms. The van der Waals surface area contributed by atoms with Gasteiger partial charge in [-0.25, -0.2) is 0 Å². The maximum atomic E-state index is 5.72. The van der Waals surface area contributed by atoms with Gasteiger partial charge in [-0.05, 0) is 32.7 Å². The van der Waals surface area contributed by atoms with Crippen molar-refractivity contribution in [2.75, 3.05) is 0 Å². The number of rotatable bonds is 10. The van der Waals surface area contributed by atoms with Crippen LogP contribution in [-0.4, -0.2) is 28.4 Å². The van der Waals surface area contributed by atoms with Crippen molar-refractivity contribution in [1.29, 1.82) is 0 Å². The van der Waals surface area contributed by atoms with Gasteiger partial charge < -0.3 is 13.9 Å². The summed E-state index contributed by atoms with van der Waals surface area (Å²) in [6, 6.07) is 1.18. The van der Waals surface area contributed by atoms with Crippen molar-refractivity contribution in [3.8, 4) is 0 Å². The van der Waals surface area contributed by atoms with Crippen LogP contribution >= 0.6 is 0 Å². The van der Waals surface area contributed by atoms with E-state index in [2.05, 4.69) is 34.6 Å². The largest absolute Gasteiger partial charge is 0.379 e. The molecule has 0 aromatic rings. The van der Waals surface area contributed by atoms with Crippen LogP contribution in [0.5, 0.6) is 0 Å². The predicted molar refractivity (Wildman–Crippen MR) is 70.2 cm³/mol. The van der Waals surface area contributed by atoms with E-state index in [1.54, 1.807) is 0 Å². The van der Waals surface area contributed by atoms with Crippen LogP contribution in [0.3, 0.4) is 0 Å². The van der Waals surface area contributed by atoms with Crippen LogP contribution in [0.25, 0.3) is 0 Å². The van der Waals surface area contributed by atoms with E-state index >= 15 is 0 Å². The van der Waals surface area contributed by atoms with Gasteiger partial charge in [-0.2, -0.15) is 0 Å². The van der Waals surface area contributed by atoms with E-state index in [-0.39, 0.29) is 12.2 Å². The van der Waals surface area contributed by atoms with E-state index in [0.717, 1.165) is 12.8 Å². The Morgan fingerprint density at radius 2 is 1.44 bits per heavy atom. The molecule has 0 heterocycles. The summed E-state index contributed by atoms with van der Waals surface area (Å²) < 4.78 is 17.1. The summed E-state index contributed by atoms with van der Waals surface area (Å²) >= 11 is 0. The molecular formula is C12H28O3Si. The molecule has 2 unspecified atom stereocenters. The van der Waals surface area contributed by atoms with Crippen LogP contribution in [0.1, 0.15) is 53.9 Å². The van der Waals surface area contributed by atoms with E-state index in [1.807, 2.05) is 0 Å². The van der Waals surface area contributed by atoms with Gasteiger partial charge in [0, 0.05) is 0 Å². The topological polar surface area (TPSA) is 27.7 Å². The number of ether oxygens (including phenoxy) is 2. The van der Waals surface area contributed by atoms with Gasteiger partial charge >= 0.3 is 0 Å². The van der Waals surface area contributed by atoms with Crippen LogP contribution in [0.4, 0.5) is 0 Å². The molecule has 98 valence electrons. The standard InChI is InChI=1S/C12H28O3Si/c1-6-9-16-15-12(13-10(4)7-2)14-11(5)8-3/h10-12H,6-9,16H2,1-5H3. The van der Waals surface area contributed by atoms with Gasteiger partial charge in [-0.3, -0.25) is 0 Å². The minimum absolute atomic E-state index is 0.199. The molecule has 0 aliphatic carbocycles. The first-order valence-electron chi connectivity index (χ1n) is 6.56. The molecule has 0 amide bonds. The molecule has 0 bridgehead atoms. The second-order valence-corrected chi connectivity index (χ2v) is 5.67. The van der Waals surface area contributed by atoms with E-state index in [1.165, 1.54) is 12.5 Å². The predicted octanol–water partition coefficient (Wildman–Crippen LogP) is 2.83. The van der Waals surface area contributed by atoms with Crippen molar-refractivity contribution in [3.63, 3.8) is 0 Å². The molecule has 0 N–H and O–H groups in total. The van der Waals surface area contributed by atoms with E-state index in [4.69, 9.17) is 13.9 Å². The molecule has 0 aromatic carbocycles. The highest BCUT2D eigenvalue weighted by Gasteiger charge is 2.15. The Bertz CT molecular complexity index is 143. The van der Waals surface area contributed by atoms with E-state index in [9.17, 15) is 0 Å². The molecule has 0 rings (SSSR count). The molecular weight excluding hydrogens is 220 g/mol. The zero-order valence-corrected chi connectivity index (χ0v) is 12.9. The Labute approximate surface area is 103 Å². The Kier molecular flexibility index (Phi) is 10.3. The first-order chi connectivity index (χ1) is 7.63. The van der Waals surface area contributed by atoms with Crippen LogP contribution < -0.4 is 0 Å². The average molecular weight is 248 g/mol. The highest BCUT2D eigenvalue weighted by atomic mass is 28.2. The van der Waals surface area contributed by atoms with Crippen molar-refractivity contribution in [2.45, 2.75) is 78.6 Å². The summed E-state index contributed by atoms with van der Waals surface area (Å²) in [6.45, 7) is 10.1. The first-order valence-corrected chi connectivity index (χ1v) is 8.14. The fourth-order valence-corrected chi connectivity index (χ4v) is 1.81. The minimum atomic E-state index is -0.487. The SMILES string of the molecule is CCC[SiH2]OC(OC(C)CC)OC(C)CC. The second kappa shape index (κ2) is 10.3. The summed E-state index contributed by atoms with van der Waals surface area (Å²) in [5.74, 6) is 0. The fraction of sp³-hybridized carbons (Fsp3) is 1.00. The minimum Gasteiger partial charge on any atom is -0.379 e. The van der Waals surface area contributed by atoms with Crippen LogP contribution in [0.2, 0.25) is 6.04 Å². The summed E-state index contributed by atoms with van der Waals surface area (Å²) in [6.07, 6.45) is 3.55. The van der Waals surface area contributed by atoms with E-state index in [0.29, 0.717) is 0 Å². The van der Waals surface area contributed by atoms with Crippen LogP contribution in [0, 0.1) is 0 Å². The maximum absolute atomic E-state index is 5.72. The summed E-state index contributed by atoms with van der Waals surface area (Å²) in [7, 11) is -0.487. The Morgan fingerprint density at radius 1 is 0.938 bits per heavy atom. The average Bonchev–Trinajstić information content (AvgIpc) is 2.28. The highest BCUT2D eigenvalue weighted by Crippen LogP contribution is 2.09. The monoisotopic (exact) mass is 248 g/mol. The lowest BCUT2D eigenvalue weighted by molar-refractivity contribution is -0.280. The summed E-state index contributed by atoms with van der Waals surface area (Å²) in [4.78, 5) is 0. The van der Waals surface area contributed by atoms with Gasteiger partial charge in [0.1, 0.15) is 0 Å². The van der Waals surface area contributed by atoms with Gasteiger partial charge in [-0.1, -0.05) is 27.2 Å². The lowest BCUT2D eigenvalue weighted by atomic mass is 10.3. The molecule has 0 saturated heterocycles. The van der Waals surface area contributed by atoms with Gasteiger partial charge in [0.15, 0.2) is 9.76 Å². The second-order valence-electron chi connectivity index (χ2n) is 4.22. The molecule has 0 fully saturated rings. The van der Waals surface area contributed by atoms with Gasteiger partial charge in [0.05, 0.1) is 12.2 Å². The molecule has 0 aromatic heterocycles. The molecule has 0 radical (unpaired) electrons. The summed E-state index contributed by atoms with van der Waals surface area (Å²) in [5, 5.41) is 0. The van der Waals surface area contributed by atoms with Crippen molar-refractivity contribution in [1.82, 2.24) is 0 Å². The van der Waals surface area contributed by atoms with Crippen LogP contribution in [-0.2, 0) is 13.9 Å². The third-order valence-corrected chi connectivity index (χ3v) is 4.09. The number of hydrogen-bond donors (Lipinski definition) is 0. The molecule has 0 spiro atoms. The quantitative estimate of drug-likeness (QED) is 0.338. The highest BCUT2D eigenvalue weighted by molar-refractivity contribution is 6.26. The fourth-order valence-electron chi connectivity index (χ4n) is 1.01. The molecule has 0 saturated carbocycles. The van der Waals surface area contributed by atoms with Crippen molar-refractivity contribution < 1.29 is 13.9 Å². The van der Waals surface area contributed by atoms with Gasteiger partial charge in [-0.15, -0.1) is 0 Å². The smallest absolute Gasteiger partial charge is 0.262 e. The van der Waals surface area contributed by atoms with Gasteiger partial charge in [0.25, 0.3) is 6.48 Å². The molecule has 0 aliphatic heterocycles. The Balaban J connectivity index is 3.94. The van der Waals surface area contributed by atoms with Crippen molar-refractivity contribution in [2.24, 2.45) is 0 Å². The lowest BCUT2D eigenvalue weighted by Gasteiger charge is -2.25. The third kappa shape index (κ3) is 8.27. The molecule has 3 nitrogen and oxygen atoms in total. The molecule has 0 aliphatic rings. The molecule has 2 atom stereocenters. The lowest BCUT2D eigenvalue weighted by Crippen LogP contribution is -2.30. The van der Waals surface area contributed by atoms with Gasteiger partial charge in [0.2, 0.25) is 0 Å². The Morgan fingerprint density at radius 3 is 1.81 bits per heavy atom. The zero-order chi connectivity index (χ0) is 12.4. The number of hydrogen-bond acceptors (Lipinski definition) is 3. The first kappa shape index (κ1) is 16.1. The van der Waals surface area contributed by atoms with Crippen LogP contribution in [0.15, 0.2) is 0 Å². The third-order valence-electron chi connectivity index (χ3n) is 2.59. The van der Waals surface area contributed by atoms with Crippen molar-refractivity contribution >= 4 is 9.76 Å².